The lowest BCUT2D eigenvalue weighted by molar-refractivity contribution is -0.141. The highest BCUT2D eigenvalue weighted by molar-refractivity contribution is 9.10. The van der Waals surface area contributed by atoms with E-state index >= 15 is 0 Å². The number of ether oxygens (including phenoxy) is 2. The molecule has 0 aliphatic rings. The number of halogens is 1. The van der Waals surface area contributed by atoms with Gasteiger partial charge in [-0.25, -0.2) is 9.78 Å². The van der Waals surface area contributed by atoms with E-state index in [1.54, 1.807) is 26.0 Å². The number of esters is 2. The van der Waals surface area contributed by atoms with Crippen molar-refractivity contribution in [3.63, 3.8) is 0 Å². The maximum absolute atomic E-state index is 13.2. The molecular formula is C30H32BrN3O6. The van der Waals surface area contributed by atoms with Crippen LogP contribution in [0.3, 0.4) is 0 Å². The molecule has 2 aromatic carbocycles. The van der Waals surface area contributed by atoms with Crippen LogP contribution < -0.4 is 5.32 Å². The van der Waals surface area contributed by atoms with E-state index in [4.69, 9.17) is 18.9 Å². The van der Waals surface area contributed by atoms with Gasteiger partial charge in [-0.1, -0.05) is 37.6 Å². The van der Waals surface area contributed by atoms with E-state index in [0.29, 0.717) is 51.3 Å². The van der Waals surface area contributed by atoms with Gasteiger partial charge in [0.05, 0.1) is 29.4 Å². The van der Waals surface area contributed by atoms with Crippen molar-refractivity contribution < 1.29 is 28.3 Å². The Morgan fingerprint density at radius 3 is 2.62 bits per heavy atom. The van der Waals surface area contributed by atoms with Crippen LogP contribution in [0.15, 0.2) is 51.4 Å². The monoisotopic (exact) mass is 609 g/mol. The van der Waals surface area contributed by atoms with Gasteiger partial charge in [-0.05, 0) is 60.0 Å². The van der Waals surface area contributed by atoms with Crippen LogP contribution in [-0.2, 0) is 27.2 Å². The van der Waals surface area contributed by atoms with Crippen LogP contribution in [0.4, 0.5) is 0 Å². The molecule has 0 fully saturated rings. The number of carbonyl (C=O) groups excluding carboxylic acids is 3. The zero-order valence-corrected chi connectivity index (χ0v) is 24.6. The van der Waals surface area contributed by atoms with Crippen molar-refractivity contribution in [3.8, 4) is 11.3 Å². The van der Waals surface area contributed by atoms with Crippen LogP contribution in [0.1, 0.15) is 64.6 Å². The quantitative estimate of drug-likeness (QED) is 0.213. The fourth-order valence-corrected chi connectivity index (χ4v) is 5.20. The number of fused-ring (bicyclic) bond motifs is 1. The fourth-order valence-electron chi connectivity index (χ4n) is 4.60. The Bertz CT molecular complexity index is 1550. The standard InChI is InChI=1S/C30H32BrN3O6/c1-5-7-12-24-33-18(3)27(29(36)32-16-25(35)39-6-2)34(24)17-19-13-14-23-22(15-19)26(31)28(40-23)20-10-8-9-11-21(20)30(37)38-4/h8-11,13-15H,5-7,12,16-17H2,1-4H3,(H,32,36). The molecule has 0 aliphatic carbocycles. The first-order chi connectivity index (χ1) is 19.3. The predicted molar refractivity (Wildman–Crippen MR) is 154 cm³/mol. The molecule has 1 amide bonds. The van der Waals surface area contributed by atoms with E-state index in [2.05, 4.69) is 28.2 Å². The maximum Gasteiger partial charge on any atom is 0.338 e. The van der Waals surface area contributed by atoms with Gasteiger partial charge in [0.2, 0.25) is 0 Å². The number of amides is 1. The molecule has 4 rings (SSSR count). The first-order valence-corrected chi connectivity index (χ1v) is 14.0. The van der Waals surface area contributed by atoms with Gasteiger partial charge in [0, 0.05) is 23.9 Å². The fraction of sp³-hybridized carbons (Fsp3) is 0.333. The van der Waals surface area contributed by atoms with E-state index in [9.17, 15) is 14.4 Å². The first kappa shape index (κ1) is 29.1. The zero-order chi connectivity index (χ0) is 28.8. The Morgan fingerprint density at radius 2 is 1.90 bits per heavy atom. The summed E-state index contributed by atoms with van der Waals surface area (Å²) in [6.45, 7) is 6.04. The SMILES string of the molecule is CCCCc1nc(C)c(C(=O)NCC(=O)OCC)n1Cc1ccc2oc(-c3ccccc3C(=O)OC)c(Br)c2c1. The summed E-state index contributed by atoms with van der Waals surface area (Å²) in [6, 6.07) is 12.9. The number of imidazole rings is 1. The molecule has 9 nitrogen and oxygen atoms in total. The van der Waals surface area contributed by atoms with E-state index in [0.717, 1.165) is 29.6 Å². The number of nitrogens with zero attached hydrogens (tertiary/aromatic N) is 2. The summed E-state index contributed by atoms with van der Waals surface area (Å²) < 4.78 is 18.7. The highest BCUT2D eigenvalue weighted by Gasteiger charge is 2.23. The molecule has 1 N–H and O–H groups in total. The molecule has 4 aromatic rings. The van der Waals surface area contributed by atoms with Gasteiger partial charge in [0.25, 0.3) is 5.91 Å². The highest BCUT2D eigenvalue weighted by Crippen LogP contribution is 2.39. The third-order valence-corrected chi connectivity index (χ3v) is 7.29. The van der Waals surface area contributed by atoms with Crippen LogP contribution in [0.25, 0.3) is 22.3 Å². The minimum atomic E-state index is -0.495. The summed E-state index contributed by atoms with van der Waals surface area (Å²) in [5.41, 5.74) is 3.60. The van der Waals surface area contributed by atoms with Gasteiger partial charge in [-0.3, -0.25) is 9.59 Å². The number of aryl methyl sites for hydroxylation is 2. The molecule has 2 heterocycles. The Kier molecular flexibility index (Phi) is 9.42. The van der Waals surface area contributed by atoms with Crippen molar-refractivity contribution in [1.82, 2.24) is 14.9 Å². The number of rotatable bonds is 11. The van der Waals surface area contributed by atoms with Gasteiger partial charge < -0.3 is 23.8 Å². The van der Waals surface area contributed by atoms with Crippen molar-refractivity contribution >= 4 is 44.7 Å². The Morgan fingerprint density at radius 1 is 1.12 bits per heavy atom. The number of benzene rings is 2. The van der Waals surface area contributed by atoms with Gasteiger partial charge in [0.1, 0.15) is 29.4 Å². The lowest BCUT2D eigenvalue weighted by Gasteiger charge is -2.13. The second-order valence-corrected chi connectivity index (χ2v) is 10.0. The van der Waals surface area contributed by atoms with E-state index in [1.165, 1.54) is 7.11 Å². The van der Waals surface area contributed by atoms with Crippen LogP contribution in [0, 0.1) is 6.92 Å². The summed E-state index contributed by atoms with van der Waals surface area (Å²) in [5, 5.41) is 3.49. The minimum Gasteiger partial charge on any atom is -0.465 e. The van der Waals surface area contributed by atoms with E-state index < -0.39 is 11.9 Å². The largest absolute Gasteiger partial charge is 0.465 e. The van der Waals surface area contributed by atoms with Crippen molar-refractivity contribution in [3.05, 3.63) is 75.3 Å². The number of methoxy groups -OCH3 is 1. The lowest BCUT2D eigenvalue weighted by Crippen LogP contribution is -2.32. The zero-order valence-electron chi connectivity index (χ0n) is 23.0. The lowest BCUT2D eigenvalue weighted by atomic mass is 10.0. The predicted octanol–water partition coefficient (Wildman–Crippen LogP) is 5.84. The topological polar surface area (TPSA) is 113 Å². The van der Waals surface area contributed by atoms with Crippen molar-refractivity contribution in [2.45, 2.75) is 46.6 Å². The van der Waals surface area contributed by atoms with Crippen molar-refractivity contribution in [1.29, 1.82) is 0 Å². The maximum atomic E-state index is 13.2. The molecule has 0 atom stereocenters. The van der Waals surface area contributed by atoms with E-state index in [-0.39, 0.29) is 19.1 Å². The number of furan rings is 1. The molecule has 210 valence electrons. The smallest absolute Gasteiger partial charge is 0.338 e. The molecule has 0 unspecified atom stereocenters. The molecular weight excluding hydrogens is 578 g/mol. The molecule has 40 heavy (non-hydrogen) atoms. The third kappa shape index (κ3) is 6.12. The molecule has 0 saturated heterocycles. The molecule has 2 aromatic heterocycles. The summed E-state index contributed by atoms with van der Waals surface area (Å²) >= 11 is 3.68. The number of hydrogen-bond donors (Lipinski definition) is 1. The number of hydrogen-bond acceptors (Lipinski definition) is 7. The molecule has 0 radical (unpaired) electrons. The van der Waals surface area contributed by atoms with Gasteiger partial charge >= 0.3 is 11.9 Å². The molecule has 10 heteroatoms. The molecule has 0 bridgehead atoms. The normalized spacial score (nSPS) is 11.0. The summed E-state index contributed by atoms with van der Waals surface area (Å²) in [5.74, 6) is 0.000146. The molecule has 0 spiro atoms. The minimum absolute atomic E-state index is 0.217. The third-order valence-electron chi connectivity index (χ3n) is 6.50. The first-order valence-electron chi connectivity index (χ1n) is 13.2. The number of unbranched alkanes of at least 4 members (excludes halogenated alkanes) is 1. The average Bonchev–Trinajstić information content (AvgIpc) is 3.45. The molecule has 0 saturated carbocycles. The number of aromatic nitrogens is 2. The number of nitrogens with one attached hydrogen (secondary N) is 1. The van der Waals surface area contributed by atoms with E-state index in [1.807, 2.05) is 34.9 Å². The Balaban J connectivity index is 1.71. The Hall–Kier alpha value is -3.92. The second-order valence-electron chi connectivity index (χ2n) is 9.25. The van der Waals surface area contributed by atoms with Crippen LogP contribution in [0.2, 0.25) is 0 Å². The van der Waals surface area contributed by atoms with Crippen LogP contribution >= 0.6 is 15.9 Å². The Labute approximate surface area is 241 Å². The van der Waals surface area contributed by atoms with Gasteiger partial charge in [0.15, 0.2) is 0 Å². The van der Waals surface area contributed by atoms with Gasteiger partial charge in [-0.15, -0.1) is 0 Å². The van der Waals surface area contributed by atoms with Crippen LogP contribution in [0.5, 0.6) is 0 Å². The average molecular weight is 611 g/mol. The number of carbonyl (C=O) groups is 3. The summed E-state index contributed by atoms with van der Waals surface area (Å²) in [7, 11) is 1.34. The summed E-state index contributed by atoms with van der Waals surface area (Å²) in [6.07, 6.45) is 2.63. The second kappa shape index (κ2) is 13.0. The van der Waals surface area contributed by atoms with Crippen molar-refractivity contribution in [2.24, 2.45) is 0 Å². The van der Waals surface area contributed by atoms with Crippen molar-refractivity contribution in [2.75, 3.05) is 20.3 Å². The molecule has 0 aliphatic heterocycles. The van der Waals surface area contributed by atoms with Crippen LogP contribution in [-0.4, -0.2) is 47.7 Å². The summed E-state index contributed by atoms with van der Waals surface area (Å²) in [4.78, 5) is 42.1. The highest BCUT2D eigenvalue weighted by atomic mass is 79.9. The van der Waals surface area contributed by atoms with Gasteiger partial charge in [-0.2, -0.15) is 0 Å².